The van der Waals surface area contributed by atoms with Crippen LogP contribution in [0.2, 0.25) is 0 Å². The van der Waals surface area contributed by atoms with Crippen LogP contribution < -0.4 is 0 Å². The molecule has 4 N–H and O–H groups in total. The summed E-state index contributed by atoms with van der Waals surface area (Å²) in [6.45, 7) is 0. The van der Waals surface area contributed by atoms with Crippen LogP contribution in [0.15, 0.2) is 0 Å². The van der Waals surface area contributed by atoms with E-state index in [2.05, 4.69) is 0 Å². The molecule has 12 heavy (non-hydrogen) atoms. The Morgan fingerprint density at radius 3 is 0.917 bits per heavy atom. The van der Waals surface area contributed by atoms with Gasteiger partial charge in [-0.1, -0.05) is 0 Å². The van der Waals surface area contributed by atoms with E-state index < -0.39 is 20.8 Å². The molecule has 0 saturated carbocycles. The Kier molecular flexibility index (Phi) is 17.1. The molecule has 0 rings (SSSR count). The van der Waals surface area contributed by atoms with Crippen molar-refractivity contribution in [1.29, 1.82) is 0 Å². The minimum absolute atomic E-state index is 0. The number of hydrogen-bond acceptors (Lipinski definition) is 6. The molecule has 0 spiro atoms. The van der Waals surface area contributed by atoms with Crippen LogP contribution in [0.4, 0.5) is 0 Å². The fourth-order valence-electron chi connectivity index (χ4n) is 0. The van der Waals surface area contributed by atoms with E-state index in [-0.39, 0.29) is 54.4 Å². The van der Waals surface area contributed by atoms with Gasteiger partial charge in [-0.2, -0.15) is 8.42 Å². The zero-order valence-electron chi connectivity index (χ0n) is 5.37. The van der Waals surface area contributed by atoms with Crippen LogP contribution in [-0.4, -0.2) is 89.4 Å². The maximum atomic E-state index is 8.74. The van der Waals surface area contributed by atoms with Crippen molar-refractivity contribution in [2.45, 2.75) is 0 Å². The van der Waals surface area contributed by atoms with E-state index in [0.717, 1.165) is 0 Å². The summed E-state index contributed by atoms with van der Waals surface area (Å²) < 4.78 is 65.7. The molecule has 0 saturated heterocycles. The van der Waals surface area contributed by atoms with E-state index in [1.807, 2.05) is 0 Å². The van der Waals surface area contributed by atoms with Crippen molar-refractivity contribution >= 4 is 69.7 Å². The van der Waals surface area contributed by atoms with Gasteiger partial charge in [0.2, 0.25) is 0 Å². The average Bonchev–Trinajstić information content (AvgIpc) is 1.12. The maximum Gasteiger partial charge on any atom is 2.00 e. The van der Waals surface area contributed by atoms with Crippen molar-refractivity contribution < 1.29 is 40.5 Å². The number of rotatable bonds is 0. The minimum atomic E-state index is -5.17. The largest absolute Gasteiger partial charge is 2.00 e. The molecular formula is H4BaO9S2. The molecule has 0 fully saturated rings. The van der Waals surface area contributed by atoms with Crippen LogP contribution in [0, 0.1) is 0 Å². The maximum absolute atomic E-state index is 8.74. The van der Waals surface area contributed by atoms with E-state index >= 15 is 0 Å². The van der Waals surface area contributed by atoms with Gasteiger partial charge >= 0.3 is 59.3 Å². The predicted octanol–water partition coefficient (Wildman–Crippen LogP) is -3.20. The summed E-state index contributed by atoms with van der Waals surface area (Å²) in [6, 6.07) is 0. The molecule has 0 heterocycles. The zero-order chi connectivity index (χ0) is 9.00. The Bertz CT molecular complexity index is 209. The molecule has 0 radical (unpaired) electrons. The van der Waals surface area contributed by atoms with Gasteiger partial charge in [-0.25, -0.2) is 0 Å². The Hall–Kier alpha value is 1.27. The van der Waals surface area contributed by atoms with Crippen LogP contribution in [0.5, 0.6) is 0 Å². The normalized spacial score (nSPS) is 9.67. The van der Waals surface area contributed by atoms with Crippen molar-refractivity contribution in [3.63, 3.8) is 0 Å². The van der Waals surface area contributed by atoms with E-state index in [1.54, 1.807) is 0 Å². The smallest absolute Gasteiger partial charge is 0.759 e. The third kappa shape index (κ3) is 736. The second-order valence-electron chi connectivity index (χ2n) is 0.856. The van der Waals surface area contributed by atoms with Gasteiger partial charge in [0, 0.05) is 10.4 Å². The van der Waals surface area contributed by atoms with Crippen molar-refractivity contribution in [3.8, 4) is 0 Å². The molecular weight excluding hydrogens is 345 g/mol. The molecule has 72 valence electrons. The van der Waals surface area contributed by atoms with Crippen LogP contribution in [0.3, 0.4) is 0 Å². The Balaban J connectivity index is -0.0000000457. The second-order valence-corrected chi connectivity index (χ2v) is 2.57. The molecule has 0 amide bonds. The molecule has 0 unspecified atom stereocenters. The van der Waals surface area contributed by atoms with Gasteiger partial charge in [0.25, 0.3) is 0 Å². The first-order valence-electron chi connectivity index (χ1n) is 1.37. The van der Waals surface area contributed by atoms with Crippen LogP contribution in [0.1, 0.15) is 0 Å². The van der Waals surface area contributed by atoms with Crippen LogP contribution in [0.25, 0.3) is 0 Å². The van der Waals surface area contributed by atoms with Gasteiger partial charge in [-0.3, -0.25) is 17.5 Å². The quantitative estimate of drug-likeness (QED) is 0.260. The summed E-state index contributed by atoms with van der Waals surface area (Å²) in [4.78, 5) is 0. The molecule has 0 atom stereocenters. The topological polar surface area (TPSA) is 186 Å². The van der Waals surface area contributed by atoms with Gasteiger partial charge < -0.3 is 14.6 Å². The van der Waals surface area contributed by atoms with Crippen molar-refractivity contribution in [2.75, 3.05) is 0 Å². The van der Waals surface area contributed by atoms with Gasteiger partial charge in [0.1, 0.15) is 0 Å². The third-order valence-electron chi connectivity index (χ3n) is 0. The second kappa shape index (κ2) is 8.85. The van der Waals surface area contributed by atoms with Gasteiger partial charge in [0.05, 0.1) is 0 Å². The molecule has 0 aliphatic heterocycles. The minimum Gasteiger partial charge on any atom is -0.759 e. The molecule has 0 aromatic heterocycles. The first-order chi connectivity index (χ1) is 4.00. The van der Waals surface area contributed by atoms with E-state index in [9.17, 15) is 0 Å². The molecule has 0 bridgehead atoms. The summed E-state index contributed by atoms with van der Waals surface area (Å²) in [5.74, 6) is 0. The van der Waals surface area contributed by atoms with Gasteiger partial charge in [-0.05, 0) is 0 Å². The molecule has 9 nitrogen and oxygen atoms in total. The SMILES string of the molecule is O.O=S(=O)(O)O.O=S(=O)([O-])[O-].[Ba+2]. The standard InChI is InChI=1S/Ba.2H2O4S.H2O/c;2*1-5(2,3)4;/h;2*(H2,1,2,3,4);1H2/q+2;;;/p-2. The number of hydrogen-bond donors (Lipinski definition) is 2. The Morgan fingerprint density at radius 1 is 0.917 bits per heavy atom. The van der Waals surface area contributed by atoms with Crippen LogP contribution >= 0.6 is 0 Å². The van der Waals surface area contributed by atoms with Gasteiger partial charge in [-0.15, -0.1) is 0 Å². The van der Waals surface area contributed by atoms with Crippen LogP contribution in [-0.2, 0) is 20.8 Å². The Labute approximate surface area is 109 Å². The summed E-state index contributed by atoms with van der Waals surface area (Å²) in [7, 11) is -9.83. The fourth-order valence-corrected chi connectivity index (χ4v) is 0. The van der Waals surface area contributed by atoms with E-state index in [4.69, 9.17) is 35.0 Å². The summed E-state index contributed by atoms with van der Waals surface area (Å²) in [5.41, 5.74) is 0. The summed E-state index contributed by atoms with van der Waals surface area (Å²) >= 11 is 0. The van der Waals surface area contributed by atoms with Gasteiger partial charge in [0.15, 0.2) is 0 Å². The first kappa shape index (κ1) is 23.2. The molecule has 0 aromatic rings. The molecule has 0 aliphatic carbocycles. The summed E-state index contributed by atoms with van der Waals surface area (Å²) in [5, 5.41) is 0. The monoisotopic (exact) mass is 350 g/mol. The average molecular weight is 349 g/mol. The van der Waals surface area contributed by atoms with E-state index in [1.165, 1.54) is 0 Å². The molecule has 12 heteroatoms. The predicted molar refractivity (Wildman–Crippen MR) is 34.0 cm³/mol. The Morgan fingerprint density at radius 2 is 0.917 bits per heavy atom. The first-order valence-corrected chi connectivity index (χ1v) is 4.10. The fraction of sp³-hybridized carbons (Fsp3) is 0. The van der Waals surface area contributed by atoms with E-state index in [0.29, 0.717) is 0 Å². The zero-order valence-corrected chi connectivity index (χ0v) is 11.4. The molecule has 0 aliphatic rings. The van der Waals surface area contributed by atoms with Crippen molar-refractivity contribution in [2.24, 2.45) is 0 Å². The third-order valence-corrected chi connectivity index (χ3v) is 0. The molecule has 0 aromatic carbocycles. The van der Waals surface area contributed by atoms with Crippen molar-refractivity contribution in [1.82, 2.24) is 0 Å². The summed E-state index contributed by atoms with van der Waals surface area (Å²) in [6.07, 6.45) is 0. The van der Waals surface area contributed by atoms with Crippen molar-refractivity contribution in [3.05, 3.63) is 0 Å².